The third-order valence-corrected chi connectivity index (χ3v) is 2.16. The predicted octanol–water partition coefficient (Wildman–Crippen LogP) is 1.83. The average Bonchev–Trinajstić information content (AvgIpc) is 2.23. The van der Waals surface area contributed by atoms with Crippen molar-refractivity contribution in [3.63, 3.8) is 0 Å². The normalized spacial score (nSPS) is 12.8. The average molecular weight is 215 g/mol. The molecule has 0 aliphatic heterocycles. The van der Waals surface area contributed by atoms with E-state index in [1.165, 1.54) is 6.07 Å². The minimum atomic E-state index is -0.842. The maximum absolute atomic E-state index is 12.8. The number of nitrogens with one attached hydrogen (secondary N) is 1. The maximum atomic E-state index is 12.8. The molecule has 0 spiro atoms. The third kappa shape index (κ3) is 3.93. The lowest BCUT2D eigenvalue weighted by Gasteiger charge is -2.09. The van der Waals surface area contributed by atoms with Gasteiger partial charge in [-0.1, -0.05) is 13.0 Å². The van der Waals surface area contributed by atoms with E-state index in [2.05, 4.69) is 5.32 Å². The zero-order valence-electron chi connectivity index (χ0n) is 8.63. The smallest absolute Gasteiger partial charge is 0.159 e. The van der Waals surface area contributed by atoms with E-state index >= 15 is 0 Å². The largest absolute Gasteiger partial charge is 0.392 e. The van der Waals surface area contributed by atoms with Crippen LogP contribution in [0, 0.1) is 11.6 Å². The van der Waals surface area contributed by atoms with E-state index in [4.69, 9.17) is 0 Å². The molecule has 0 heterocycles. The first kappa shape index (κ1) is 12.1. The van der Waals surface area contributed by atoms with Crippen molar-refractivity contribution in [1.29, 1.82) is 0 Å². The van der Waals surface area contributed by atoms with Crippen LogP contribution in [-0.2, 0) is 6.54 Å². The van der Waals surface area contributed by atoms with Crippen molar-refractivity contribution < 1.29 is 13.9 Å². The maximum Gasteiger partial charge on any atom is 0.159 e. The van der Waals surface area contributed by atoms with Crippen LogP contribution in [0.1, 0.15) is 18.9 Å². The number of halogens is 2. The van der Waals surface area contributed by atoms with Gasteiger partial charge in [0.2, 0.25) is 0 Å². The number of benzene rings is 1. The fraction of sp³-hybridized carbons (Fsp3) is 0.455. The molecule has 84 valence electrons. The minimum Gasteiger partial charge on any atom is -0.392 e. The first-order valence-electron chi connectivity index (χ1n) is 4.96. The third-order valence-electron chi connectivity index (χ3n) is 2.16. The summed E-state index contributed by atoms with van der Waals surface area (Å²) in [6.07, 6.45) is 0.278. The summed E-state index contributed by atoms with van der Waals surface area (Å²) < 4.78 is 25.3. The number of rotatable bonds is 5. The summed E-state index contributed by atoms with van der Waals surface area (Å²) in [5.74, 6) is -1.68. The Labute approximate surface area is 87.9 Å². The second-order valence-corrected chi connectivity index (χ2v) is 3.44. The van der Waals surface area contributed by atoms with Gasteiger partial charge in [0.05, 0.1) is 6.10 Å². The highest BCUT2D eigenvalue weighted by Crippen LogP contribution is 2.08. The highest BCUT2D eigenvalue weighted by molar-refractivity contribution is 5.17. The van der Waals surface area contributed by atoms with Crippen molar-refractivity contribution in [2.45, 2.75) is 26.0 Å². The van der Waals surface area contributed by atoms with Crippen molar-refractivity contribution >= 4 is 0 Å². The predicted molar refractivity (Wildman–Crippen MR) is 54.4 cm³/mol. The summed E-state index contributed by atoms with van der Waals surface area (Å²) in [4.78, 5) is 0. The van der Waals surface area contributed by atoms with E-state index in [0.29, 0.717) is 25.1 Å². The van der Waals surface area contributed by atoms with Crippen LogP contribution in [0.15, 0.2) is 18.2 Å². The van der Waals surface area contributed by atoms with Crippen molar-refractivity contribution in [2.75, 3.05) is 6.54 Å². The van der Waals surface area contributed by atoms with Gasteiger partial charge in [0.1, 0.15) is 0 Å². The summed E-state index contributed by atoms with van der Waals surface area (Å²) >= 11 is 0. The quantitative estimate of drug-likeness (QED) is 0.785. The fourth-order valence-corrected chi connectivity index (χ4v) is 1.18. The van der Waals surface area contributed by atoms with Crippen LogP contribution in [0.25, 0.3) is 0 Å². The zero-order valence-corrected chi connectivity index (χ0v) is 8.63. The molecule has 0 aromatic heterocycles. The van der Waals surface area contributed by atoms with E-state index < -0.39 is 17.7 Å². The second-order valence-electron chi connectivity index (χ2n) is 3.44. The second kappa shape index (κ2) is 5.78. The molecule has 0 saturated carbocycles. The topological polar surface area (TPSA) is 32.3 Å². The highest BCUT2D eigenvalue weighted by Gasteiger charge is 2.03. The molecule has 0 amide bonds. The van der Waals surface area contributed by atoms with Crippen LogP contribution in [0.5, 0.6) is 0 Å². The molecular formula is C11H15F2NO. The number of hydrogen-bond donors (Lipinski definition) is 2. The van der Waals surface area contributed by atoms with E-state index in [0.717, 1.165) is 12.1 Å². The van der Waals surface area contributed by atoms with Crippen molar-refractivity contribution in [1.82, 2.24) is 5.32 Å². The minimum absolute atomic E-state index is 0.393. The summed E-state index contributed by atoms with van der Waals surface area (Å²) in [6.45, 7) is 2.76. The Morgan fingerprint density at radius 2 is 2.07 bits per heavy atom. The molecule has 15 heavy (non-hydrogen) atoms. The first-order chi connectivity index (χ1) is 7.13. The molecule has 0 fully saturated rings. The van der Waals surface area contributed by atoms with Crippen LogP contribution < -0.4 is 5.32 Å². The van der Waals surface area contributed by atoms with Crippen molar-refractivity contribution in [3.05, 3.63) is 35.4 Å². The van der Waals surface area contributed by atoms with Crippen LogP contribution >= 0.6 is 0 Å². The van der Waals surface area contributed by atoms with Gasteiger partial charge in [0, 0.05) is 13.1 Å². The van der Waals surface area contributed by atoms with Gasteiger partial charge in [-0.05, 0) is 24.1 Å². The Balaban J connectivity index is 2.41. The molecule has 1 rings (SSSR count). The summed E-state index contributed by atoms with van der Waals surface area (Å²) in [5, 5.41) is 12.2. The monoisotopic (exact) mass is 215 g/mol. The molecule has 0 bridgehead atoms. The highest BCUT2D eigenvalue weighted by atomic mass is 19.2. The molecule has 0 aliphatic rings. The Morgan fingerprint density at radius 1 is 1.33 bits per heavy atom. The van der Waals surface area contributed by atoms with Gasteiger partial charge in [-0.3, -0.25) is 0 Å². The fourth-order valence-electron chi connectivity index (χ4n) is 1.18. The zero-order chi connectivity index (χ0) is 11.3. The summed E-state index contributed by atoms with van der Waals surface area (Å²) in [6, 6.07) is 3.77. The van der Waals surface area contributed by atoms with Gasteiger partial charge in [-0.15, -0.1) is 0 Å². The molecule has 2 nitrogen and oxygen atoms in total. The standard InChI is InChI=1S/C11H15F2NO/c1-2-9(15)7-14-6-8-3-4-10(12)11(13)5-8/h3-5,9,14-15H,2,6-7H2,1H3. The van der Waals surface area contributed by atoms with Crippen LogP contribution in [0.3, 0.4) is 0 Å². The molecular weight excluding hydrogens is 200 g/mol. The van der Waals surface area contributed by atoms with Gasteiger partial charge < -0.3 is 10.4 Å². The van der Waals surface area contributed by atoms with E-state index in [1.54, 1.807) is 0 Å². The van der Waals surface area contributed by atoms with Crippen LogP contribution in [0.4, 0.5) is 8.78 Å². The Morgan fingerprint density at radius 3 is 2.67 bits per heavy atom. The van der Waals surface area contributed by atoms with Gasteiger partial charge >= 0.3 is 0 Å². The Bertz CT molecular complexity index is 317. The first-order valence-corrected chi connectivity index (χ1v) is 4.96. The van der Waals surface area contributed by atoms with Gasteiger partial charge in [0.25, 0.3) is 0 Å². The van der Waals surface area contributed by atoms with Gasteiger partial charge in [-0.25, -0.2) is 8.78 Å². The molecule has 0 saturated heterocycles. The Hall–Kier alpha value is -1.00. The molecule has 4 heteroatoms. The molecule has 1 atom stereocenters. The molecule has 0 radical (unpaired) electrons. The van der Waals surface area contributed by atoms with E-state index in [-0.39, 0.29) is 0 Å². The molecule has 1 aromatic carbocycles. The molecule has 0 aliphatic carbocycles. The van der Waals surface area contributed by atoms with Gasteiger partial charge in [0.15, 0.2) is 11.6 Å². The van der Waals surface area contributed by atoms with Crippen LogP contribution in [0.2, 0.25) is 0 Å². The summed E-state index contributed by atoms with van der Waals surface area (Å²) in [7, 11) is 0. The van der Waals surface area contributed by atoms with Crippen molar-refractivity contribution in [3.8, 4) is 0 Å². The van der Waals surface area contributed by atoms with E-state index in [9.17, 15) is 13.9 Å². The SMILES string of the molecule is CCC(O)CNCc1ccc(F)c(F)c1. The van der Waals surface area contributed by atoms with E-state index in [1.807, 2.05) is 6.92 Å². The molecule has 1 aromatic rings. The lowest BCUT2D eigenvalue weighted by Crippen LogP contribution is -2.25. The molecule has 2 N–H and O–H groups in total. The Kier molecular flexibility index (Phi) is 4.65. The lowest BCUT2D eigenvalue weighted by molar-refractivity contribution is 0.167. The van der Waals surface area contributed by atoms with Crippen molar-refractivity contribution in [2.24, 2.45) is 0 Å². The number of aliphatic hydroxyl groups excluding tert-OH is 1. The number of hydrogen-bond acceptors (Lipinski definition) is 2. The summed E-state index contributed by atoms with van der Waals surface area (Å²) in [5.41, 5.74) is 0.664. The van der Waals surface area contributed by atoms with Crippen LogP contribution in [-0.4, -0.2) is 17.8 Å². The number of aliphatic hydroxyl groups is 1. The van der Waals surface area contributed by atoms with Gasteiger partial charge in [-0.2, -0.15) is 0 Å². The molecule has 1 unspecified atom stereocenters. The lowest BCUT2D eigenvalue weighted by atomic mass is 10.2.